The van der Waals surface area contributed by atoms with Gasteiger partial charge < -0.3 is 5.32 Å². The Hall–Kier alpha value is -0.860. The van der Waals surface area contributed by atoms with E-state index in [4.69, 9.17) is 0 Å². The summed E-state index contributed by atoms with van der Waals surface area (Å²) < 4.78 is 0. The minimum Gasteiger partial charge on any atom is -0.309 e. The molecule has 2 aliphatic rings. The number of nitrogens with one attached hydrogen (secondary N) is 1. The zero-order valence-corrected chi connectivity index (χ0v) is 9.02. The highest BCUT2D eigenvalue weighted by Gasteiger charge is 2.31. The molecule has 0 amide bonds. The summed E-state index contributed by atoms with van der Waals surface area (Å²) in [6.07, 6.45) is 2.74. The topological polar surface area (TPSA) is 15.3 Å². The van der Waals surface area contributed by atoms with Crippen molar-refractivity contribution in [1.29, 1.82) is 0 Å². The highest BCUT2D eigenvalue weighted by Crippen LogP contribution is 2.21. The second-order valence-corrected chi connectivity index (χ2v) is 4.82. The molecule has 80 valence electrons. The van der Waals surface area contributed by atoms with E-state index in [1.54, 1.807) is 0 Å². The summed E-state index contributed by atoms with van der Waals surface area (Å²) in [6, 6.07) is 12.3. The van der Waals surface area contributed by atoms with Gasteiger partial charge in [-0.15, -0.1) is 0 Å². The number of hydrogen-bond acceptors (Lipinski definition) is 2. The van der Waals surface area contributed by atoms with Crippen LogP contribution in [0.15, 0.2) is 30.3 Å². The SMILES string of the molecule is c1ccc(CN2C[C@@H]3CC[C@@H](C2)N3)cc1. The third-order valence-electron chi connectivity index (χ3n) is 3.54. The minimum atomic E-state index is 0.757. The molecule has 0 aliphatic carbocycles. The van der Waals surface area contributed by atoms with Crippen LogP contribution in [0.2, 0.25) is 0 Å². The smallest absolute Gasteiger partial charge is 0.0235 e. The number of nitrogens with zero attached hydrogens (tertiary/aromatic N) is 1. The maximum atomic E-state index is 3.66. The van der Waals surface area contributed by atoms with E-state index in [-0.39, 0.29) is 0 Å². The summed E-state index contributed by atoms with van der Waals surface area (Å²) in [5, 5.41) is 3.66. The van der Waals surface area contributed by atoms with E-state index >= 15 is 0 Å². The summed E-state index contributed by atoms with van der Waals surface area (Å²) in [6.45, 7) is 3.58. The zero-order valence-electron chi connectivity index (χ0n) is 9.02. The Bertz CT molecular complexity index is 311. The van der Waals surface area contributed by atoms with Crippen LogP contribution in [-0.2, 0) is 6.54 Å². The summed E-state index contributed by atoms with van der Waals surface area (Å²) in [7, 11) is 0. The number of piperazine rings is 1. The fraction of sp³-hybridized carbons (Fsp3) is 0.538. The van der Waals surface area contributed by atoms with Crippen molar-refractivity contribution >= 4 is 0 Å². The number of hydrogen-bond donors (Lipinski definition) is 1. The Morgan fingerprint density at radius 2 is 1.73 bits per heavy atom. The Morgan fingerprint density at radius 1 is 1.07 bits per heavy atom. The number of likely N-dealkylation sites (tertiary alicyclic amines) is 1. The predicted octanol–water partition coefficient (Wildman–Crippen LogP) is 1.62. The maximum absolute atomic E-state index is 3.66. The zero-order chi connectivity index (χ0) is 10.1. The molecule has 0 unspecified atom stereocenters. The van der Waals surface area contributed by atoms with E-state index in [0.29, 0.717) is 0 Å². The maximum Gasteiger partial charge on any atom is 0.0235 e. The molecule has 1 N–H and O–H groups in total. The molecule has 2 fully saturated rings. The lowest BCUT2D eigenvalue weighted by atomic mass is 10.1. The molecule has 2 atom stereocenters. The van der Waals surface area contributed by atoms with Crippen molar-refractivity contribution in [2.45, 2.75) is 31.5 Å². The fourth-order valence-electron chi connectivity index (χ4n) is 2.86. The van der Waals surface area contributed by atoms with Crippen LogP contribution >= 0.6 is 0 Å². The molecule has 15 heavy (non-hydrogen) atoms. The summed E-state index contributed by atoms with van der Waals surface area (Å²) in [5.41, 5.74) is 1.44. The lowest BCUT2D eigenvalue weighted by molar-refractivity contribution is 0.189. The van der Waals surface area contributed by atoms with Crippen molar-refractivity contribution in [2.24, 2.45) is 0 Å². The molecular formula is C13H18N2. The molecule has 0 saturated carbocycles. The van der Waals surface area contributed by atoms with Crippen LogP contribution in [0.5, 0.6) is 0 Å². The largest absolute Gasteiger partial charge is 0.309 e. The molecule has 2 heteroatoms. The Kier molecular flexibility index (Phi) is 2.47. The molecule has 0 spiro atoms. The average Bonchev–Trinajstić information content (AvgIpc) is 2.60. The van der Waals surface area contributed by atoms with E-state index in [0.717, 1.165) is 18.6 Å². The van der Waals surface area contributed by atoms with Gasteiger partial charge >= 0.3 is 0 Å². The predicted molar refractivity (Wildman–Crippen MR) is 61.7 cm³/mol. The highest BCUT2D eigenvalue weighted by molar-refractivity contribution is 5.14. The summed E-state index contributed by atoms with van der Waals surface area (Å²) >= 11 is 0. The molecule has 0 aromatic heterocycles. The normalized spacial score (nSPS) is 30.7. The van der Waals surface area contributed by atoms with Crippen molar-refractivity contribution in [3.63, 3.8) is 0 Å². The monoisotopic (exact) mass is 202 g/mol. The standard InChI is InChI=1S/C13H18N2/c1-2-4-11(5-3-1)8-15-9-12-6-7-13(10-15)14-12/h1-5,12-14H,6-10H2/t12-,13-/m0/s1. The first-order valence-corrected chi connectivity index (χ1v) is 5.92. The van der Waals surface area contributed by atoms with Crippen LogP contribution in [0, 0.1) is 0 Å². The van der Waals surface area contributed by atoms with Gasteiger partial charge in [-0.05, 0) is 18.4 Å². The molecule has 2 aliphatic heterocycles. The van der Waals surface area contributed by atoms with Gasteiger partial charge in [-0.2, -0.15) is 0 Å². The second-order valence-electron chi connectivity index (χ2n) is 4.82. The molecule has 0 radical (unpaired) electrons. The van der Waals surface area contributed by atoms with E-state index in [1.165, 1.54) is 31.5 Å². The summed E-state index contributed by atoms with van der Waals surface area (Å²) in [4.78, 5) is 2.59. The lowest BCUT2D eigenvalue weighted by Gasteiger charge is -2.32. The van der Waals surface area contributed by atoms with Crippen molar-refractivity contribution in [3.8, 4) is 0 Å². The van der Waals surface area contributed by atoms with Gasteiger partial charge in [-0.25, -0.2) is 0 Å². The van der Waals surface area contributed by atoms with Crippen LogP contribution in [0.1, 0.15) is 18.4 Å². The number of fused-ring (bicyclic) bond motifs is 2. The lowest BCUT2D eigenvalue weighted by Crippen LogP contribution is -2.50. The van der Waals surface area contributed by atoms with E-state index in [9.17, 15) is 0 Å². The van der Waals surface area contributed by atoms with Gasteiger partial charge in [0.15, 0.2) is 0 Å². The molecule has 1 aromatic rings. The molecule has 3 rings (SSSR count). The second kappa shape index (κ2) is 3.95. The van der Waals surface area contributed by atoms with Crippen LogP contribution < -0.4 is 5.32 Å². The molecule has 2 nitrogen and oxygen atoms in total. The first kappa shape index (κ1) is 9.37. The van der Waals surface area contributed by atoms with Gasteiger partial charge in [0.2, 0.25) is 0 Å². The van der Waals surface area contributed by atoms with Crippen molar-refractivity contribution < 1.29 is 0 Å². The summed E-state index contributed by atoms with van der Waals surface area (Å²) in [5.74, 6) is 0. The first-order chi connectivity index (χ1) is 7.40. The van der Waals surface area contributed by atoms with E-state index in [1.807, 2.05) is 0 Å². The molecule has 2 bridgehead atoms. The van der Waals surface area contributed by atoms with Crippen LogP contribution in [-0.4, -0.2) is 30.1 Å². The van der Waals surface area contributed by atoms with Gasteiger partial charge in [-0.1, -0.05) is 30.3 Å². The average molecular weight is 202 g/mol. The Balaban J connectivity index is 1.65. The highest BCUT2D eigenvalue weighted by atomic mass is 15.2. The fourth-order valence-corrected chi connectivity index (χ4v) is 2.86. The van der Waals surface area contributed by atoms with E-state index in [2.05, 4.69) is 40.5 Å². The Morgan fingerprint density at radius 3 is 2.40 bits per heavy atom. The van der Waals surface area contributed by atoms with Crippen molar-refractivity contribution in [3.05, 3.63) is 35.9 Å². The van der Waals surface area contributed by atoms with Gasteiger partial charge in [0, 0.05) is 31.7 Å². The number of benzene rings is 1. The minimum absolute atomic E-state index is 0.757. The van der Waals surface area contributed by atoms with Crippen molar-refractivity contribution in [2.75, 3.05) is 13.1 Å². The number of rotatable bonds is 2. The van der Waals surface area contributed by atoms with E-state index < -0.39 is 0 Å². The molecular weight excluding hydrogens is 184 g/mol. The third-order valence-corrected chi connectivity index (χ3v) is 3.54. The van der Waals surface area contributed by atoms with Gasteiger partial charge in [0.25, 0.3) is 0 Å². The van der Waals surface area contributed by atoms with Gasteiger partial charge in [0.05, 0.1) is 0 Å². The molecule has 2 heterocycles. The van der Waals surface area contributed by atoms with Crippen LogP contribution in [0.3, 0.4) is 0 Å². The van der Waals surface area contributed by atoms with Gasteiger partial charge in [0.1, 0.15) is 0 Å². The Labute approximate surface area is 91.3 Å². The van der Waals surface area contributed by atoms with Crippen molar-refractivity contribution in [1.82, 2.24) is 10.2 Å². The molecule has 2 saturated heterocycles. The van der Waals surface area contributed by atoms with Gasteiger partial charge in [-0.3, -0.25) is 4.90 Å². The molecule has 1 aromatic carbocycles. The third kappa shape index (κ3) is 2.06. The van der Waals surface area contributed by atoms with Crippen LogP contribution in [0.4, 0.5) is 0 Å². The van der Waals surface area contributed by atoms with Crippen LogP contribution in [0.25, 0.3) is 0 Å². The first-order valence-electron chi connectivity index (χ1n) is 5.92. The quantitative estimate of drug-likeness (QED) is 0.784.